The van der Waals surface area contributed by atoms with Gasteiger partial charge in [0.15, 0.2) is 0 Å². The number of rotatable bonds is 7. The average Bonchev–Trinajstić information content (AvgIpc) is 3.29. The van der Waals surface area contributed by atoms with E-state index >= 15 is 0 Å². The van der Waals surface area contributed by atoms with Gasteiger partial charge in [-0.1, -0.05) is 48.9 Å². The van der Waals surface area contributed by atoms with E-state index in [0.29, 0.717) is 6.42 Å². The van der Waals surface area contributed by atoms with Gasteiger partial charge in [0, 0.05) is 30.4 Å². The van der Waals surface area contributed by atoms with E-state index in [2.05, 4.69) is 34.0 Å². The predicted octanol–water partition coefficient (Wildman–Crippen LogP) is 7.00. The lowest BCUT2D eigenvalue weighted by atomic mass is 9.63. The van der Waals surface area contributed by atoms with Crippen molar-refractivity contribution in [3.63, 3.8) is 0 Å². The van der Waals surface area contributed by atoms with E-state index in [1.54, 1.807) is 12.1 Å². The molecule has 0 unspecified atom stereocenters. The van der Waals surface area contributed by atoms with Crippen LogP contribution in [0.2, 0.25) is 0 Å². The van der Waals surface area contributed by atoms with Gasteiger partial charge >= 0.3 is 5.97 Å². The molecule has 3 atom stereocenters. The molecule has 1 saturated heterocycles. The summed E-state index contributed by atoms with van der Waals surface area (Å²) in [6.07, 6.45) is 4.88. The number of nitrogens with zero attached hydrogens (tertiary/aromatic N) is 2. The summed E-state index contributed by atoms with van der Waals surface area (Å²) >= 11 is 0. The van der Waals surface area contributed by atoms with Crippen LogP contribution in [0.15, 0.2) is 54.6 Å². The maximum Gasteiger partial charge on any atom is 0.306 e. The van der Waals surface area contributed by atoms with E-state index < -0.39 is 11.1 Å². The topological polar surface area (TPSA) is 33.9 Å². The lowest BCUT2D eigenvalue weighted by Gasteiger charge is -2.42. The maximum atomic E-state index is 14.5. The van der Waals surface area contributed by atoms with E-state index in [1.165, 1.54) is 11.6 Å². The van der Waals surface area contributed by atoms with Crippen LogP contribution in [0.4, 0.5) is 4.39 Å². The van der Waals surface area contributed by atoms with E-state index in [1.807, 2.05) is 32.9 Å². The molecule has 4 nitrogen and oxygen atoms in total. The SMILES string of the molecule is [C-]#[N+][C@](c1cccc(F)c1)(C1CCN(Cc2ccccc2)CC1)[C@H]1CCC[C@@H]1CC(=O)OC(C)(C)C. The Labute approximate surface area is 215 Å². The molecule has 5 heteroatoms. The minimum atomic E-state index is -0.829. The quantitative estimate of drug-likeness (QED) is 0.309. The number of esters is 1. The highest BCUT2D eigenvalue weighted by atomic mass is 19.1. The lowest BCUT2D eigenvalue weighted by molar-refractivity contribution is -0.156. The van der Waals surface area contributed by atoms with Gasteiger partial charge in [0.25, 0.3) is 5.54 Å². The molecule has 36 heavy (non-hydrogen) atoms. The molecule has 2 aliphatic rings. The summed E-state index contributed by atoms with van der Waals surface area (Å²) in [5.74, 6) is -0.304. The first kappa shape index (κ1) is 26.4. The van der Waals surface area contributed by atoms with Gasteiger partial charge in [-0.2, -0.15) is 0 Å². The summed E-state index contributed by atoms with van der Waals surface area (Å²) in [7, 11) is 0. The molecule has 0 amide bonds. The standard InChI is InChI=1S/C31H39FN2O2/c1-30(2,3)36-29(35)20-24-12-8-15-28(24)31(33-4,26-13-9-14-27(32)21-26)25-16-18-34(19-17-25)22-23-10-6-5-7-11-23/h5-7,9-11,13-14,21,24-25,28H,8,12,15-20,22H2,1-3H3/t24-,28+,31+/m1/s1. The molecule has 1 heterocycles. The summed E-state index contributed by atoms with van der Waals surface area (Å²) < 4.78 is 20.2. The van der Waals surface area contributed by atoms with Gasteiger partial charge in [-0.15, -0.1) is 0 Å². The second-order valence-corrected chi connectivity index (χ2v) is 11.6. The highest BCUT2D eigenvalue weighted by Gasteiger charge is 2.57. The van der Waals surface area contributed by atoms with Crippen LogP contribution in [-0.4, -0.2) is 29.6 Å². The smallest absolute Gasteiger partial charge is 0.306 e. The molecule has 0 N–H and O–H groups in total. The highest BCUT2D eigenvalue weighted by molar-refractivity contribution is 5.70. The zero-order valence-corrected chi connectivity index (χ0v) is 21.9. The first-order valence-corrected chi connectivity index (χ1v) is 13.3. The largest absolute Gasteiger partial charge is 0.460 e. The molecule has 4 rings (SSSR count). The first-order valence-electron chi connectivity index (χ1n) is 13.3. The Morgan fingerprint density at radius 3 is 2.42 bits per heavy atom. The van der Waals surface area contributed by atoms with Crippen LogP contribution in [-0.2, 0) is 21.6 Å². The Morgan fingerprint density at radius 2 is 1.78 bits per heavy atom. The summed E-state index contributed by atoms with van der Waals surface area (Å²) in [4.78, 5) is 19.6. The van der Waals surface area contributed by atoms with Crippen LogP contribution in [0.3, 0.4) is 0 Å². The number of likely N-dealkylation sites (tertiary alicyclic amines) is 1. The fourth-order valence-electron chi connectivity index (χ4n) is 6.56. The maximum absolute atomic E-state index is 14.5. The summed E-state index contributed by atoms with van der Waals surface area (Å²) in [6, 6.07) is 17.2. The number of carbonyl (C=O) groups is 1. The van der Waals surface area contributed by atoms with Crippen molar-refractivity contribution >= 4 is 5.97 Å². The van der Waals surface area contributed by atoms with E-state index in [0.717, 1.165) is 57.3 Å². The molecule has 1 aliphatic carbocycles. The fraction of sp³-hybridized carbons (Fsp3) is 0.548. The van der Waals surface area contributed by atoms with Gasteiger partial charge in [0.1, 0.15) is 11.4 Å². The number of benzene rings is 2. The number of carbonyl (C=O) groups excluding carboxylic acids is 1. The van der Waals surface area contributed by atoms with Crippen LogP contribution in [0.5, 0.6) is 0 Å². The Kier molecular flexibility index (Phi) is 8.15. The van der Waals surface area contributed by atoms with Crippen LogP contribution in [0.1, 0.15) is 70.4 Å². The number of ether oxygens (including phenoxy) is 1. The van der Waals surface area contributed by atoms with Crippen molar-refractivity contribution in [1.29, 1.82) is 0 Å². The van der Waals surface area contributed by atoms with Crippen LogP contribution >= 0.6 is 0 Å². The fourth-order valence-corrected chi connectivity index (χ4v) is 6.56. The molecular formula is C31H39FN2O2. The minimum Gasteiger partial charge on any atom is -0.460 e. The minimum absolute atomic E-state index is 0.00925. The third-order valence-electron chi connectivity index (χ3n) is 8.00. The van der Waals surface area contributed by atoms with Crippen molar-refractivity contribution in [3.8, 4) is 0 Å². The number of hydrogen-bond acceptors (Lipinski definition) is 3. The zero-order chi connectivity index (χ0) is 25.8. The molecule has 0 spiro atoms. The Morgan fingerprint density at radius 1 is 1.06 bits per heavy atom. The molecule has 192 valence electrons. The lowest BCUT2D eigenvalue weighted by Crippen LogP contribution is -2.47. The average molecular weight is 491 g/mol. The molecule has 0 radical (unpaired) electrons. The molecule has 2 aromatic rings. The van der Waals surface area contributed by atoms with Crippen molar-refractivity contribution in [2.75, 3.05) is 13.1 Å². The van der Waals surface area contributed by atoms with Gasteiger partial charge in [-0.3, -0.25) is 9.69 Å². The van der Waals surface area contributed by atoms with Crippen molar-refractivity contribution in [2.45, 2.75) is 77.0 Å². The van der Waals surface area contributed by atoms with Gasteiger partial charge in [-0.25, -0.2) is 11.0 Å². The van der Waals surface area contributed by atoms with Crippen molar-refractivity contribution < 1.29 is 13.9 Å². The molecule has 2 fully saturated rings. The van der Waals surface area contributed by atoms with Crippen LogP contribution < -0.4 is 0 Å². The Balaban J connectivity index is 1.59. The Bertz CT molecular complexity index is 1070. The molecule has 0 aromatic heterocycles. The Hall–Kier alpha value is -2.71. The molecule has 1 aliphatic heterocycles. The third kappa shape index (κ3) is 5.98. The zero-order valence-electron chi connectivity index (χ0n) is 21.9. The van der Waals surface area contributed by atoms with Gasteiger partial charge in [0.2, 0.25) is 0 Å². The molecular weight excluding hydrogens is 451 g/mol. The predicted molar refractivity (Wildman–Crippen MR) is 140 cm³/mol. The van der Waals surface area contributed by atoms with E-state index in [9.17, 15) is 9.18 Å². The first-order chi connectivity index (χ1) is 17.2. The molecule has 1 saturated carbocycles. The van der Waals surface area contributed by atoms with E-state index in [4.69, 9.17) is 11.3 Å². The summed E-state index contributed by atoms with van der Waals surface area (Å²) in [6.45, 7) is 16.9. The van der Waals surface area contributed by atoms with Crippen molar-refractivity contribution in [3.05, 3.63) is 83.0 Å². The monoisotopic (exact) mass is 490 g/mol. The summed E-state index contributed by atoms with van der Waals surface area (Å²) in [5.41, 5.74) is 0.714. The normalized spacial score (nSPS) is 23.1. The van der Waals surface area contributed by atoms with Gasteiger partial charge in [-0.05, 0) is 83.2 Å². The highest BCUT2D eigenvalue weighted by Crippen LogP contribution is 2.54. The third-order valence-corrected chi connectivity index (χ3v) is 8.00. The van der Waals surface area contributed by atoms with Gasteiger partial charge in [0.05, 0.1) is 0 Å². The van der Waals surface area contributed by atoms with Crippen LogP contribution in [0, 0.1) is 30.1 Å². The van der Waals surface area contributed by atoms with E-state index in [-0.39, 0.29) is 29.5 Å². The number of piperidine rings is 1. The van der Waals surface area contributed by atoms with Crippen molar-refractivity contribution in [2.24, 2.45) is 17.8 Å². The molecule has 2 aromatic carbocycles. The second-order valence-electron chi connectivity index (χ2n) is 11.6. The van der Waals surface area contributed by atoms with Crippen LogP contribution in [0.25, 0.3) is 4.85 Å². The summed E-state index contributed by atoms with van der Waals surface area (Å²) in [5, 5.41) is 0. The van der Waals surface area contributed by atoms with Crippen molar-refractivity contribution in [1.82, 2.24) is 4.90 Å². The number of hydrogen-bond donors (Lipinski definition) is 0. The van der Waals surface area contributed by atoms with Gasteiger partial charge < -0.3 is 9.58 Å². The number of halogens is 1. The second kappa shape index (κ2) is 11.1. The molecule has 0 bridgehead atoms.